The van der Waals surface area contributed by atoms with E-state index in [1.165, 1.54) is 0 Å². The van der Waals surface area contributed by atoms with Crippen molar-refractivity contribution in [3.8, 4) is 0 Å². The van der Waals surface area contributed by atoms with Crippen molar-refractivity contribution < 1.29 is 18.3 Å². The van der Waals surface area contributed by atoms with Crippen LogP contribution in [0.2, 0.25) is 0 Å². The highest BCUT2D eigenvalue weighted by Crippen LogP contribution is 2.37. The zero-order valence-electron chi connectivity index (χ0n) is 11.5. The van der Waals surface area contributed by atoms with Gasteiger partial charge in [0.1, 0.15) is 4.90 Å². The third-order valence-corrected chi connectivity index (χ3v) is 5.52. The first-order valence-electron chi connectivity index (χ1n) is 6.87. The van der Waals surface area contributed by atoms with Gasteiger partial charge in [-0.2, -0.15) is 0 Å². The minimum atomic E-state index is -3.58. The minimum Gasteiger partial charge on any atom is -0.390 e. The number of aliphatic hydroxyl groups is 1. The first-order chi connectivity index (χ1) is 9.43. The molecule has 0 bridgehead atoms. The Morgan fingerprint density at radius 3 is 2.85 bits per heavy atom. The largest absolute Gasteiger partial charge is 0.390 e. The second kappa shape index (κ2) is 4.84. The molecule has 0 radical (unpaired) electrons. The van der Waals surface area contributed by atoms with Gasteiger partial charge in [-0.15, -0.1) is 0 Å². The van der Waals surface area contributed by atoms with Gasteiger partial charge in [0, 0.05) is 24.5 Å². The summed E-state index contributed by atoms with van der Waals surface area (Å²) in [7, 11) is -3.58. The summed E-state index contributed by atoms with van der Waals surface area (Å²) < 4.78 is 34.8. The summed E-state index contributed by atoms with van der Waals surface area (Å²) >= 11 is 0. The summed E-state index contributed by atoms with van der Waals surface area (Å²) in [6, 6.07) is 1.89. The van der Waals surface area contributed by atoms with Gasteiger partial charge in [-0.05, 0) is 32.3 Å². The number of nitrogens with zero attached hydrogens (tertiary/aromatic N) is 1. The topological polar surface area (TPSA) is 80.6 Å². The van der Waals surface area contributed by atoms with Crippen molar-refractivity contribution in [2.45, 2.75) is 49.3 Å². The number of ether oxygens (including phenoxy) is 1. The van der Waals surface area contributed by atoms with Crippen molar-refractivity contribution in [2.75, 3.05) is 13.2 Å². The highest BCUT2D eigenvalue weighted by atomic mass is 32.2. The van der Waals surface area contributed by atoms with E-state index in [2.05, 4.69) is 4.72 Å². The quantitative estimate of drug-likeness (QED) is 0.842. The molecule has 2 aliphatic rings. The molecule has 3 rings (SSSR count). The van der Waals surface area contributed by atoms with Gasteiger partial charge in [0.15, 0.2) is 0 Å². The standard InChI is InChI=1S/C13H20N2O4S/c1-13(4-5-19-9-13)14-20(17,18)12-6-11(8-16)15(7-12)10-2-3-10/h6-7,10,14,16H,2-5,8-9H2,1H3. The molecule has 1 saturated carbocycles. The van der Waals surface area contributed by atoms with Gasteiger partial charge in [-0.3, -0.25) is 0 Å². The molecule has 0 aromatic carbocycles. The Morgan fingerprint density at radius 2 is 2.30 bits per heavy atom. The van der Waals surface area contributed by atoms with E-state index >= 15 is 0 Å². The molecule has 1 aromatic heterocycles. The number of sulfonamides is 1. The molecule has 7 heteroatoms. The van der Waals surface area contributed by atoms with Gasteiger partial charge < -0.3 is 14.4 Å². The fourth-order valence-corrected chi connectivity index (χ4v) is 4.06. The van der Waals surface area contributed by atoms with Crippen LogP contribution < -0.4 is 4.72 Å². The van der Waals surface area contributed by atoms with Crippen molar-refractivity contribution >= 4 is 10.0 Å². The molecular weight excluding hydrogens is 280 g/mol. The molecule has 20 heavy (non-hydrogen) atoms. The Kier molecular flexibility index (Phi) is 3.40. The minimum absolute atomic E-state index is 0.146. The smallest absolute Gasteiger partial charge is 0.242 e. The van der Waals surface area contributed by atoms with Crippen LogP contribution in [0.25, 0.3) is 0 Å². The molecule has 0 spiro atoms. The van der Waals surface area contributed by atoms with Gasteiger partial charge in [0.05, 0.1) is 18.8 Å². The lowest BCUT2D eigenvalue weighted by molar-refractivity contribution is 0.178. The van der Waals surface area contributed by atoms with Crippen molar-refractivity contribution in [2.24, 2.45) is 0 Å². The first-order valence-corrected chi connectivity index (χ1v) is 8.35. The van der Waals surface area contributed by atoms with E-state index in [0.29, 0.717) is 31.4 Å². The predicted octanol–water partition coefficient (Wildman–Crippen LogP) is 0.773. The summed E-state index contributed by atoms with van der Waals surface area (Å²) in [6.45, 7) is 2.67. The molecule has 2 fully saturated rings. The number of nitrogens with one attached hydrogen (secondary N) is 1. The lowest BCUT2D eigenvalue weighted by Gasteiger charge is -2.22. The average molecular weight is 300 g/mol. The molecule has 0 amide bonds. The third-order valence-electron chi connectivity index (χ3n) is 3.92. The van der Waals surface area contributed by atoms with E-state index in [-0.39, 0.29) is 11.5 Å². The van der Waals surface area contributed by atoms with Gasteiger partial charge >= 0.3 is 0 Å². The lowest BCUT2D eigenvalue weighted by Crippen LogP contribution is -2.46. The Hall–Kier alpha value is -0.890. The van der Waals surface area contributed by atoms with E-state index in [0.717, 1.165) is 12.8 Å². The van der Waals surface area contributed by atoms with Crippen LogP contribution in [-0.2, 0) is 21.4 Å². The molecule has 2 heterocycles. The SMILES string of the molecule is CC1(NS(=O)(=O)c2cc(CO)n(C3CC3)c2)CCOC1. The van der Waals surface area contributed by atoms with Crippen LogP contribution in [0, 0.1) is 0 Å². The molecule has 1 aromatic rings. The monoisotopic (exact) mass is 300 g/mol. The predicted molar refractivity (Wildman–Crippen MR) is 72.8 cm³/mol. The number of hydrogen-bond donors (Lipinski definition) is 2. The number of rotatable bonds is 5. The second-order valence-electron chi connectivity index (χ2n) is 5.93. The maximum Gasteiger partial charge on any atom is 0.242 e. The van der Waals surface area contributed by atoms with Crippen LogP contribution in [-0.4, -0.2) is 36.8 Å². The van der Waals surface area contributed by atoms with Crippen molar-refractivity contribution in [1.82, 2.24) is 9.29 Å². The summed E-state index contributed by atoms with van der Waals surface area (Å²) in [5.74, 6) is 0. The van der Waals surface area contributed by atoms with Crippen molar-refractivity contribution in [3.63, 3.8) is 0 Å². The maximum absolute atomic E-state index is 12.5. The fraction of sp³-hybridized carbons (Fsp3) is 0.692. The van der Waals surface area contributed by atoms with Crippen LogP contribution >= 0.6 is 0 Å². The van der Waals surface area contributed by atoms with Gasteiger partial charge in [-0.1, -0.05) is 0 Å². The van der Waals surface area contributed by atoms with Crippen LogP contribution in [0.5, 0.6) is 0 Å². The maximum atomic E-state index is 12.5. The van der Waals surface area contributed by atoms with Crippen LogP contribution in [0.15, 0.2) is 17.2 Å². The highest BCUT2D eigenvalue weighted by Gasteiger charge is 2.36. The summed E-state index contributed by atoms with van der Waals surface area (Å²) in [4.78, 5) is 0.224. The van der Waals surface area contributed by atoms with Crippen molar-refractivity contribution in [1.29, 1.82) is 0 Å². The van der Waals surface area contributed by atoms with Crippen LogP contribution in [0.3, 0.4) is 0 Å². The zero-order chi connectivity index (χ0) is 14.4. The Labute approximate surface area is 118 Å². The molecule has 112 valence electrons. The van der Waals surface area contributed by atoms with Crippen molar-refractivity contribution in [3.05, 3.63) is 18.0 Å². The second-order valence-corrected chi connectivity index (χ2v) is 7.61. The Bertz CT molecular complexity index is 598. The van der Waals surface area contributed by atoms with Gasteiger partial charge in [0.2, 0.25) is 10.0 Å². The Balaban J connectivity index is 1.87. The molecule has 1 aliphatic heterocycles. The summed E-state index contributed by atoms with van der Waals surface area (Å²) in [5.41, 5.74) is 0.112. The molecule has 1 saturated heterocycles. The van der Waals surface area contributed by atoms with Crippen LogP contribution in [0.4, 0.5) is 0 Å². The normalized spacial score (nSPS) is 27.1. The molecule has 1 unspecified atom stereocenters. The van der Waals surface area contributed by atoms with E-state index in [9.17, 15) is 13.5 Å². The van der Waals surface area contributed by atoms with E-state index in [1.807, 2.05) is 11.5 Å². The van der Waals surface area contributed by atoms with E-state index in [4.69, 9.17) is 4.74 Å². The number of aromatic nitrogens is 1. The fourth-order valence-electron chi connectivity index (χ4n) is 2.59. The number of aliphatic hydroxyl groups excluding tert-OH is 1. The number of hydrogen-bond acceptors (Lipinski definition) is 4. The average Bonchev–Trinajstić information content (AvgIpc) is 2.98. The lowest BCUT2D eigenvalue weighted by atomic mass is 10.0. The molecule has 1 aliphatic carbocycles. The molecular formula is C13H20N2O4S. The van der Waals surface area contributed by atoms with E-state index < -0.39 is 15.6 Å². The molecule has 2 N–H and O–H groups in total. The molecule has 1 atom stereocenters. The van der Waals surface area contributed by atoms with Gasteiger partial charge in [0.25, 0.3) is 0 Å². The molecule has 6 nitrogen and oxygen atoms in total. The first kappa shape index (κ1) is 14.1. The van der Waals surface area contributed by atoms with Gasteiger partial charge in [-0.25, -0.2) is 13.1 Å². The summed E-state index contributed by atoms with van der Waals surface area (Å²) in [5, 5.41) is 9.35. The summed E-state index contributed by atoms with van der Waals surface area (Å²) in [6.07, 6.45) is 4.38. The Morgan fingerprint density at radius 1 is 1.55 bits per heavy atom. The zero-order valence-corrected chi connectivity index (χ0v) is 12.3. The van der Waals surface area contributed by atoms with Crippen LogP contribution in [0.1, 0.15) is 37.9 Å². The highest BCUT2D eigenvalue weighted by molar-refractivity contribution is 7.89. The third kappa shape index (κ3) is 2.63. The van der Waals surface area contributed by atoms with E-state index in [1.54, 1.807) is 12.3 Å².